The Kier molecular flexibility index (Phi) is 35.1. The van der Waals surface area contributed by atoms with Crippen LogP contribution in [0.5, 0.6) is 0 Å². The summed E-state index contributed by atoms with van der Waals surface area (Å²) in [5.74, 6) is 0.563. The summed E-state index contributed by atoms with van der Waals surface area (Å²) >= 11 is 0. The minimum Gasteiger partial charge on any atom is -0.444 e. The fourth-order valence-corrected chi connectivity index (χ4v) is 5.88. The average molecular weight is 672 g/mol. The smallest absolute Gasteiger partial charge is 0.407 e. The predicted octanol–water partition coefficient (Wildman–Crippen LogP) is 13.4. The van der Waals surface area contributed by atoms with Crippen molar-refractivity contribution in [2.75, 3.05) is 40.8 Å². The first kappa shape index (κ1) is 46.2. The van der Waals surface area contributed by atoms with Gasteiger partial charge in [-0.3, -0.25) is 0 Å². The first-order chi connectivity index (χ1) is 23.4. The molecule has 0 atom stereocenters. The molecule has 0 aromatic rings. The van der Waals surface area contributed by atoms with Crippen LogP contribution >= 0.6 is 0 Å². The Hall–Kier alpha value is -1.81. The quantitative estimate of drug-likeness (QED) is 0.0414. The summed E-state index contributed by atoms with van der Waals surface area (Å²) in [4.78, 5) is 12.3. The normalized spacial score (nSPS) is 12.5. The molecule has 0 aliphatic carbocycles. The summed E-state index contributed by atoms with van der Waals surface area (Å²) < 4.78 is 6.26. The Morgan fingerprint density at radius 3 is 1.31 bits per heavy atom. The van der Waals surface area contributed by atoms with Crippen LogP contribution in [0.25, 0.3) is 0 Å². The van der Waals surface area contributed by atoms with Crippen LogP contribution in [0.15, 0.2) is 48.6 Å². The van der Waals surface area contributed by atoms with Gasteiger partial charge in [-0.05, 0) is 83.0 Å². The van der Waals surface area contributed by atoms with Crippen molar-refractivity contribution in [3.05, 3.63) is 48.6 Å². The molecule has 0 radical (unpaired) electrons. The Morgan fingerprint density at radius 2 is 0.917 bits per heavy atom. The van der Waals surface area contributed by atoms with Crippen molar-refractivity contribution < 1.29 is 14.0 Å². The zero-order valence-electron chi connectivity index (χ0n) is 33.0. The SMILES string of the molecule is CCCCC/C=C\C/C=C\CCCCCCCCC(CCCCCCCC/C=C\C/C=C\CCCCC)CNC(=O)OCC[N+](C)(C)C. The maximum atomic E-state index is 12.3. The number of ether oxygens (including phenoxy) is 1. The van der Waals surface area contributed by atoms with E-state index in [0.717, 1.165) is 30.4 Å². The van der Waals surface area contributed by atoms with Crippen molar-refractivity contribution in [3.8, 4) is 0 Å². The molecule has 0 bridgehead atoms. The highest BCUT2D eigenvalue weighted by molar-refractivity contribution is 5.67. The van der Waals surface area contributed by atoms with Gasteiger partial charge in [0.05, 0.1) is 21.1 Å². The summed E-state index contributed by atoms with van der Waals surface area (Å²) in [6, 6.07) is 0. The minimum atomic E-state index is -0.248. The summed E-state index contributed by atoms with van der Waals surface area (Å²) in [6.45, 7) is 6.58. The summed E-state index contributed by atoms with van der Waals surface area (Å²) in [7, 11) is 6.37. The van der Waals surface area contributed by atoms with Gasteiger partial charge in [-0.2, -0.15) is 0 Å². The molecular weight excluding hydrogens is 588 g/mol. The molecule has 0 spiro atoms. The maximum Gasteiger partial charge on any atom is 0.407 e. The van der Waals surface area contributed by atoms with Gasteiger partial charge in [0.2, 0.25) is 0 Å². The maximum absolute atomic E-state index is 12.3. The zero-order chi connectivity index (χ0) is 35.2. The molecule has 0 aliphatic rings. The molecule has 0 aromatic carbocycles. The number of nitrogens with one attached hydrogen (secondary N) is 1. The number of amides is 1. The Labute approximate surface area is 300 Å². The van der Waals surface area contributed by atoms with E-state index in [4.69, 9.17) is 4.74 Å². The number of likely N-dealkylation sites (N-methyl/N-ethyl adjacent to an activating group) is 1. The van der Waals surface area contributed by atoms with Crippen molar-refractivity contribution in [3.63, 3.8) is 0 Å². The molecule has 0 aromatic heterocycles. The van der Waals surface area contributed by atoms with Gasteiger partial charge in [0, 0.05) is 6.54 Å². The van der Waals surface area contributed by atoms with E-state index in [1.54, 1.807) is 0 Å². The molecule has 4 nitrogen and oxygen atoms in total. The van der Waals surface area contributed by atoms with Crippen LogP contribution in [0, 0.1) is 5.92 Å². The van der Waals surface area contributed by atoms with E-state index in [9.17, 15) is 4.79 Å². The van der Waals surface area contributed by atoms with E-state index < -0.39 is 0 Å². The third kappa shape index (κ3) is 38.6. The van der Waals surface area contributed by atoms with E-state index in [0.29, 0.717) is 12.5 Å². The summed E-state index contributed by atoms with van der Waals surface area (Å²) in [6.07, 6.45) is 51.8. The number of carbonyl (C=O) groups excluding carboxylic acids is 1. The molecule has 0 aliphatic heterocycles. The van der Waals surface area contributed by atoms with E-state index in [1.165, 1.54) is 154 Å². The highest BCUT2D eigenvalue weighted by Gasteiger charge is 2.13. The van der Waals surface area contributed by atoms with Crippen molar-refractivity contribution in [2.24, 2.45) is 5.92 Å². The third-order valence-corrected chi connectivity index (χ3v) is 9.16. The van der Waals surface area contributed by atoms with Crippen molar-refractivity contribution >= 4 is 6.09 Å². The fraction of sp³-hybridized carbons (Fsp3) is 0.795. The molecular formula is C44H83N2O2+. The molecule has 4 heteroatoms. The van der Waals surface area contributed by atoms with Gasteiger partial charge in [-0.15, -0.1) is 0 Å². The van der Waals surface area contributed by atoms with E-state index in [2.05, 4.69) is 88.9 Å². The second kappa shape index (κ2) is 36.5. The molecule has 0 fully saturated rings. The van der Waals surface area contributed by atoms with Crippen molar-refractivity contribution in [2.45, 2.75) is 181 Å². The first-order valence-corrected chi connectivity index (χ1v) is 20.7. The second-order valence-electron chi connectivity index (χ2n) is 15.1. The molecule has 1 N–H and O–H groups in total. The number of quaternary nitrogens is 1. The Bertz CT molecular complexity index is 744. The standard InChI is InChI=1S/C44H82N2O2/c1-6-8-10-12-14-16-18-20-22-24-26-28-30-32-34-36-38-43(42-45-44(47)48-41-40-46(3,4)5)39-37-35-33-31-29-27-25-23-21-19-17-15-13-11-9-7-2/h14-17,20-23,43H,6-13,18-19,24-42H2,1-5H3/p+1/b16-14-,17-15-,22-20-,23-21-. The van der Waals surface area contributed by atoms with Crippen molar-refractivity contribution in [1.82, 2.24) is 5.32 Å². The Balaban J connectivity index is 4.11. The summed E-state index contributed by atoms with van der Waals surface area (Å²) in [5, 5.41) is 3.09. The minimum absolute atomic E-state index is 0.248. The number of hydrogen-bond donors (Lipinski definition) is 1. The Morgan fingerprint density at radius 1 is 0.542 bits per heavy atom. The largest absolute Gasteiger partial charge is 0.444 e. The number of carbonyl (C=O) groups is 1. The number of hydrogen-bond acceptors (Lipinski definition) is 2. The lowest BCUT2D eigenvalue weighted by Crippen LogP contribution is -2.39. The zero-order valence-corrected chi connectivity index (χ0v) is 33.0. The van der Waals surface area contributed by atoms with E-state index >= 15 is 0 Å². The lowest BCUT2D eigenvalue weighted by Gasteiger charge is -2.23. The average Bonchev–Trinajstić information content (AvgIpc) is 3.05. The van der Waals surface area contributed by atoms with Crippen LogP contribution in [-0.4, -0.2) is 51.4 Å². The topological polar surface area (TPSA) is 38.3 Å². The van der Waals surface area contributed by atoms with Gasteiger partial charge >= 0.3 is 6.09 Å². The van der Waals surface area contributed by atoms with E-state index in [1.807, 2.05) is 0 Å². The van der Waals surface area contributed by atoms with Crippen LogP contribution in [0.1, 0.15) is 181 Å². The van der Waals surface area contributed by atoms with Crippen molar-refractivity contribution in [1.29, 1.82) is 0 Å². The second-order valence-corrected chi connectivity index (χ2v) is 15.1. The van der Waals surface area contributed by atoms with Crippen LogP contribution in [0.4, 0.5) is 4.79 Å². The van der Waals surface area contributed by atoms with E-state index in [-0.39, 0.29) is 6.09 Å². The van der Waals surface area contributed by atoms with Crippen LogP contribution < -0.4 is 5.32 Å². The van der Waals surface area contributed by atoms with Crippen LogP contribution in [0.2, 0.25) is 0 Å². The first-order valence-electron chi connectivity index (χ1n) is 20.7. The van der Waals surface area contributed by atoms with Gasteiger partial charge in [-0.25, -0.2) is 4.79 Å². The molecule has 0 unspecified atom stereocenters. The predicted molar refractivity (Wildman–Crippen MR) is 214 cm³/mol. The van der Waals surface area contributed by atoms with Gasteiger partial charge < -0.3 is 14.5 Å². The van der Waals surface area contributed by atoms with Gasteiger partial charge in [-0.1, -0.05) is 152 Å². The lowest BCUT2D eigenvalue weighted by atomic mass is 9.94. The highest BCUT2D eigenvalue weighted by atomic mass is 16.5. The lowest BCUT2D eigenvalue weighted by molar-refractivity contribution is -0.870. The number of alkyl carbamates (subject to hydrolysis) is 1. The number of allylic oxidation sites excluding steroid dienone is 8. The third-order valence-electron chi connectivity index (χ3n) is 9.16. The summed E-state index contributed by atoms with van der Waals surface area (Å²) in [5.41, 5.74) is 0. The van der Waals surface area contributed by atoms with Gasteiger partial charge in [0.25, 0.3) is 0 Å². The molecule has 1 amide bonds. The monoisotopic (exact) mass is 672 g/mol. The molecule has 48 heavy (non-hydrogen) atoms. The van der Waals surface area contributed by atoms with Gasteiger partial charge in [0.15, 0.2) is 0 Å². The van der Waals surface area contributed by atoms with Crippen LogP contribution in [0.3, 0.4) is 0 Å². The molecule has 0 rings (SSSR count). The molecule has 0 heterocycles. The fourth-order valence-electron chi connectivity index (χ4n) is 5.88. The van der Waals surface area contributed by atoms with Gasteiger partial charge in [0.1, 0.15) is 13.2 Å². The molecule has 0 saturated carbocycles. The molecule has 280 valence electrons. The molecule has 0 saturated heterocycles. The number of nitrogens with zero attached hydrogens (tertiary/aromatic N) is 1. The number of unbranched alkanes of at least 4 members (excludes halogenated alkanes) is 18. The highest BCUT2D eigenvalue weighted by Crippen LogP contribution is 2.19. The van der Waals surface area contributed by atoms with Crippen LogP contribution in [-0.2, 0) is 4.74 Å². The number of rotatable bonds is 35.